The van der Waals surface area contributed by atoms with Crippen LogP contribution in [-0.4, -0.2) is 5.12 Å². The van der Waals surface area contributed by atoms with Gasteiger partial charge in [0.1, 0.15) is 0 Å². The summed E-state index contributed by atoms with van der Waals surface area (Å²) in [6, 6.07) is 10.3. The lowest BCUT2D eigenvalue weighted by Gasteiger charge is -2.11. The molecule has 0 amide bonds. The third-order valence-electron chi connectivity index (χ3n) is 2.61. The van der Waals surface area contributed by atoms with Gasteiger partial charge >= 0.3 is 0 Å². The van der Waals surface area contributed by atoms with Gasteiger partial charge in [-0.1, -0.05) is 43.7 Å². The van der Waals surface area contributed by atoms with Crippen molar-refractivity contribution in [1.82, 2.24) is 0 Å². The lowest BCUT2D eigenvalue weighted by molar-refractivity contribution is -0.114. The molecule has 2 heteroatoms. The van der Waals surface area contributed by atoms with Gasteiger partial charge in [-0.15, -0.1) is 12.6 Å². The highest BCUT2D eigenvalue weighted by atomic mass is 32.1. The normalized spacial score (nSPS) is 12.4. The fourth-order valence-corrected chi connectivity index (χ4v) is 1.98. The highest BCUT2D eigenvalue weighted by Crippen LogP contribution is 2.17. The predicted octanol–water partition coefficient (Wildman–Crippen LogP) is 3.49. The molecule has 1 aromatic rings. The molecule has 1 rings (SSSR count). The topological polar surface area (TPSA) is 17.1 Å². The Morgan fingerprint density at radius 3 is 2.47 bits per heavy atom. The number of rotatable bonds is 6. The molecule has 1 nitrogen and oxygen atoms in total. The molecule has 0 fully saturated rings. The van der Waals surface area contributed by atoms with Gasteiger partial charge in [-0.25, -0.2) is 0 Å². The van der Waals surface area contributed by atoms with Crippen molar-refractivity contribution in [2.24, 2.45) is 5.92 Å². The van der Waals surface area contributed by atoms with Crippen LogP contribution >= 0.6 is 12.6 Å². The summed E-state index contributed by atoms with van der Waals surface area (Å²) in [7, 11) is 0. The van der Waals surface area contributed by atoms with Gasteiger partial charge in [0.2, 0.25) is 0 Å². The van der Waals surface area contributed by atoms with Crippen LogP contribution in [0.4, 0.5) is 0 Å². The zero-order valence-corrected chi connectivity index (χ0v) is 10.0. The molecule has 0 spiro atoms. The van der Waals surface area contributed by atoms with Crippen molar-refractivity contribution >= 4 is 17.7 Å². The number of hydrogen-bond acceptors (Lipinski definition) is 1. The van der Waals surface area contributed by atoms with Crippen LogP contribution in [0.3, 0.4) is 0 Å². The smallest absolute Gasteiger partial charge is 0.189 e. The molecular weight excluding hydrogens is 204 g/mol. The first-order chi connectivity index (χ1) is 7.24. The van der Waals surface area contributed by atoms with E-state index in [0.717, 1.165) is 25.7 Å². The molecule has 0 radical (unpaired) electrons. The summed E-state index contributed by atoms with van der Waals surface area (Å²) in [6.45, 7) is 2.10. The highest BCUT2D eigenvalue weighted by Gasteiger charge is 2.13. The summed E-state index contributed by atoms with van der Waals surface area (Å²) < 4.78 is 0. The molecule has 0 saturated heterocycles. The number of carbonyl (C=O) groups excluding carboxylic acids is 1. The molecule has 0 aliphatic heterocycles. The van der Waals surface area contributed by atoms with Gasteiger partial charge in [0.05, 0.1) is 0 Å². The molecule has 0 saturated carbocycles. The van der Waals surface area contributed by atoms with Crippen LogP contribution in [0.15, 0.2) is 30.3 Å². The van der Waals surface area contributed by atoms with E-state index in [2.05, 4.69) is 31.7 Å². The largest absolute Gasteiger partial charge is 0.287 e. The second-order valence-corrected chi connectivity index (χ2v) is 4.29. The monoisotopic (exact) mass is 222 g/mol. The molecule has 0 aromatic heterocycles. The van der Waals surface area contributed by atoms with Crippen molar-refractivity contribution in [1.29, 1.82) is 0 Å². The van der Waals surface area contributed by atoms with Gasteiger partial charge in [-0.3, -0.25) is 4.79 Å². The molecule has 82 valence electrons. The van der Waals surface area contributed by atoms with Crippen molar-refractivity contribution in [3.05, 3.63) is 35.9 Å². The molecule has 15 heavy (non-hydrogen) atoms. The van der Waals surface area contributed by atoms with Gasteiger partial charge in [-0.2, -0.15) is 0 Å². The lowest BCUT2D eigenvalue weighted by Crippen LogP contribution is -2.09. The van der Waals surface area contributed by atoms with Gasteiger partial charge in [0.15, 0.2) is 5.12 Å². The number of thiol groups is 1. The lowest BCUT2D eigenvalue weighted by atomic mass is 9.96. The van der Waals surface area contributed by atoms with Crippen LogP contribution in [-0.2, 0) is 11.2 Å². The van der Waals surface area contributed by atoms with E-state index in [0.29, 0.717) is 0 Å². The SMILES string of the molecule is CCCC(CCc1ccccc1)C(=O)S. The van der Waals surface area contributed by atoms with Crippen LogP contribution in [0.25, 0.3) is 0 Å². The Balaban J connectivity index is 2.43. The average Bonchev–Trinajstić information content (AvgIpc) is 2.25. The summed E-state index contributed by atoms with van der Waals surface area (Å²) >= 11 is 3.93. The van der Waals surface area contributed by atoms with Crippen molar-refractivity contribution < 1.29 is 4.79 Å². The highest BCUT2D eigenvalue weighted by molar-refractivity contribution is 7.96. The van der Waals surface area contributed by atoms with E-state index in [4.69, 9.17) is 0 Å². The summed E-state index contributed by atoms with van der Waals surface area (Å²) in [5.74, 6) is 0.124. The maximum Gasteiger partial charge on any atom is 0.189 e. The minimum absolute atomic E-state index is 0.0350. The second kappa shape index (κ2) is 6.67. The summed E-state index contributed by atoms with van der Waals surface area (Å²) in [6.07, 6.45) is 3.89. The molecule has 0 N–H and O–H groups in total. The quantitative estimate of drug-likeness (QED) is 0.729. The molecule has 0 aliphatic carbocycles. The van der Waals surface area contributed by atoms with Crippen molar-refractivity contribution in [3.63, 3.8) is 0 Å². The maximum atomic E-state index is 11.2. The first-order valence-corrected chi connectivity index (χ1v) is 5.95. The van der Waals surface area contributed by atoms with Crippen LogP contribution in [0.1, 0.15) is 31.7 Å². The minimum Gasteiger partial charge on any atom is -0.287 e. The van der Waals surface area contributed by atoms with E-state index in [-0.39, 0.29) is 11.0 Å². The fourth-order valence-electron chi connectivity index (χ4n) is 1.73. The van der Waals surface area contributed by atoms with Gasteiger partial charge in [0, 0.05) is 5.92 Å². The van der Waals surface area contributed by atoms with Crippen LogP contribution < -0.4 is 0 Å². The fraction of sp³-hybridized carbons (Fsp3) is 0.462. The number of aryl methyl sites for hydroxylation is 1. The van der Waals surface area contributed by atoms with E-state index in [1.807, 2.05) is 18.2 Å². The second-order valence-electron chi connectivity index (χ2n) is 3.85. The summed E-state index contributed by atoms with van der Waals surface area (Å²) in [5.41, 5.74) is 1.30. The molecule has 0 heterocycles. The summed E-state index contributed by atoms with van der Waals surface area (Å²) in [4.78, 5) is 11.2. The predicted molar refractivity (Wildman–Crippen MR) is 67.2 cm³/mol. The standard InChI is InChI=1S/C13H18OS/c1-2-6-12(13(14)15)10-9-11-7-4-3-5-8-11/h3-5,7-8,12H,2,6,9-10H2,1H3,(H,14,15). The Labute approximate surface area is 97.3 Å². The molecule has 1 unspecified atom stereocenters. The molecule has 1 atom stereocenters. The molecule has 1 aromatic carbocycles. The number of carbonyl (C=O) groups is 1. The van der Waals surface area contributed by atoms with Crippen molar-refractivity contribution in [2.75, 3.05) is 0 Å². The zero-order valence-electron chi connectivity index (χ0n) is 9.15. The Morgan fingerprint density at radius 2 is 1.93 bits per heavy atom. The average molecular weight is 222 g/mol. The molecule has 0 bridgehead atoms. The van der Waals surface area contributed by atoms with Crippen LogP contribution in [0.5, 0.6) is 0 Å². The van der Waals surface area contributed by atoms with Crippen LogP contribution in [0.2, 0.25) is 0 Å². The zero-order chi connectivity index (χ0) is 11.1. The summed E-state index contributed by atoms with van der Waals surface area (Å²) in [5, 5.41) is 0.0350. The Hall–Kier alpha value is -0.760. The van der Waals surface area contributed by atoms with Crippen molar-refractivity contribution in [3.8, 4) is 0 Å². The van der Waals surface area contributed by atoms with Gasteiger partial charge < -0.3 is 0 Å². The third kappa shape index (κ3) is 4.52. The minimum atomic E-state index is 0.0350. The molecular formula is C13H18OS. The molecule has 0 aliphatic rings. The first kappa shape index (κ1) is 12.3. The van der Waals surface area contributed by atoms with E-state index in [1.54, 1.807) is 0 Å². The first-order valence-electron chi connectivity index (χ1n) is 5.50. The van der Waals surface area contributed by atoms with E-state index < -0.39 is 0 Å². The Morgan fingerprint density at radius 1 is 1.27 bits per heavy atom. The van der Waals surface area contributed by atoms with Crippen molar-refractivity contribution in [2.45, 2.75) is 32.6 Å². The van der Waals surface area contributed by atoms with E-state index in [9.17, 15) is 4.79 Å². The maximum absolute atomic E-state index is 11.2. The van der Waals surface area contributed by atoms with Crippen LogP contribution in [0, 0.1) is 5.92 Å². The number of hydrogen-bond donors (Lipinski definition) is 1. The van der Waals surface area contributed by atoms with E-state index in [1.165, 1.54) is 5.56 Å². The Kier molecular flexibility index (Phi) is 5.48. The Bertz CT molecular complexity index is 295. The van der Waals surface area contributed by atoms with Gasteiger partial charge in [0.25, 0.3) is 0 Å². The number of benzene rings is 1. The van der Waals surface area contributed by atoms with Gasteiger partial charge in [-0.05, 0) is 24.8 Å². The van der Waals surface area contributed by atoms with E-state index >= 15 is 0 Å². The third-order valence-corrected chi connectivity index (χ3v) is 2.98.